The maximum absolute atomic E-state index is 13.7. The zero-order chi connectivity index (χ0) is 23.8. The van der Waals surface area contributed by atoms with E-state index in [0.29, 0.717) is 22.3 Å². The molecule has 170 valence electrons. The number of nitrogens with zero attached hydrogens (tertiary/aromatic N) is 2. The van der Waals surface area contributed by atoms with Gasteiger partial charge in [0.05, 0.1) is 18.7 Å². The van der Waals surface area contributed by atoms with E-state index in [-0.39, 0.29) is 17.9 Å². The van der Waals surface area contributed by atoms with Gasteiger partial charge in [0.2, 0.25) is 5.78 Å². The number of rotatable bonds is 6. The standard InChI is InChI=1S/C27H22N2O5/c1-16-8-10-18(11-9-16)23-22(25(31)27(32)29(23)15-17-5-4-12-28-14-17)24(30)21-13-19-6-3-7-20(33-2)26(19)34-21/h3-14,23,31H,15H2,1-2H3/t23-/m0/s1. The van der Waals surface area contributed by atoms with Crippen LogP contribution in [0.2, 0.25) is 0 Å². The zero-order valence-electron chi connectivity index (χ0n) is 18.7. The molecule has 0 fully saturated rings. The number of aromatic nitrogens is 1. The number of furan rings is 1. The highest BCUT2D eigenvalue weighted by Crippen LogP contribution is 2.41. The van der Waals surface area contributed by atoms with Crippen LogP contribution < -0.4 is 4.74 Å². The molecule has 0 aliphatic carbocycles. The maximum Gasteiger partial charge on any atom is 0.290 e. The van der Waals surface area contributed by atoms with Crippen molar-refractivity contribution < 1.29 is 23.8 Å². The van der Waals surface area contributed by atoms with E-state index >= 15 is 0 Å². The number of Topliss-reactive ketones (excluding diaryl/α,β-unsaturated/α-hetero) is 1. The summed E-state index contributed by atoms with van der Waals surface area (Å²) in [5, 5.41) is 11.6. The SMILES string of the molecule is COc1cccc2cc(C(=O)C3=C(O)C(=O)N(Cc4cccnc4)[C@H]3c3ccc(C)cc3)oc12. The number of hydrogen-bond donors (Lipinski definition) is 1. The number of carbonyl (C=O) groups excluding carboxylic acids is 2. The fourth-order valence-corrected chi connectivity index (χ4v) is 4.27. The number of methoxy groups -OCH3 is 1. The third-order valence-electron chi connectivity index (χ3n) is 5.97. The lowest BCUT2D eigenvalue weighted by Crippen LogP contribution is -2.30. The van der Waals surface area contributed by atoms with Crippen molar-refractivity contribution in [3.8, 4) is 5.75 Å². The molecule has 0 radical (unpaired) electrons. The van der Waals surface area contributed by atoms with Gasteiger partial charge in [-0.1, -0.05) is 48.0 Å². The van der Waals surface area contributed by atoms with E-state index in [2.05, 4.69) is 4.98 Å². The van der Waals surface area contributed by atoms with Crippen molar-refractivity contribution in [1.82, 2.24) is 9.88 Å². The highest BCUT2D eigenvalue weighted by atomic mass is 16.5. The van der Waals surface area contributed by atoms with Crippen molar-refractivity contribution in [2.75, 3.05) is 7.11 Å². The molecule has 1 N–H and O–H groups in total. The lowest BCUT2D eigenvalue weighted by atomic mass is 9.94. The molecular weight excluding hydrogens is 432 g/mol. The normalized spacial score (nSPS) is 15.9. The Morgan fingerprint density at radius 1 is 1.15 bits per heavy atom. The molecule has 7 heteroatoms. The van der Waals surface area contributed by atoms with Crippen LogP contribution in [0.3, 0.4) is 0 Å². The molecule has 1 amide bonds. The Bertz CT molecular complexity index is 1420. The van der Waals surface area contributed by atoms with Crippen LogP contribution in [0.1, 0.15) is 33.3 Å². The maximum atomic E-state index is 13.7. The minimum Gasteiger partial charge on any atom is -0.503 e. The van der Waals surface area contributed by atoms with Gasteiger partial charge in [-0.15, -0.1) is 0 Å². The average molecular weight is 454 g/mol. The van der Waals surface area contributed by atoms with Crippen molar-refractivity contribution in [3.63, 3.8) is 0 Å². The van der Waals surface area contributed by atoms with Gasteiger partial charge in [0, 0.05) is 24.3 Å². The Balaban J connectivity index is 1.60. The monoisotopic (exact) mass is 454 g/mol. The molecule has 1 aliphatic heterocycles. The third-order valence-corrected chi connectivity index (χ3v) is 5.97. The highest BCUT2D eigenvalue weighted by molar-refractivity contribution is 6.16. The molecular formula is C27H22N2O5. The summed E-state index contributed by atoms with van der Waals surface area (Å²) in [4.78, 5) is 32.4. The number of aryl methyl sites for hydroxylation is 1. The van der Waals surface area contributed by atoms with Crippen LogP contribution in [0, 0.1) is 6.92 Å². The van der Waals surface area contributed by atoms with Crippen molar-refractivity contribution in [1.29, 1.82) is 0 Å². The number of pyridine rings is 1. The number of para-hydroxylation sites is 1. The first-order chi connectivity index (χ1) is 16.5. The molecule has 0 saturated carbocycles. The van der Waals surface area contributed by atoms with Crippen LogP contribution in [-0.4, -0.2) is 33.8 Å². The molecule has 1 atom stereocenters. The van der Waals surface area contributed by atoms with E-state index in [1.54, 1.807) is 42.7 Å². The second-order valence-electron chi connectivity index (χ2n) is 8.19. The van der Waals surface area contributed by atoms with Crippen LogP contribution in [0.5, 0.6) is 5.75 Å². The van der Waals surface area contributed by atoms with Crippen molar-refractivity contribution in [2.45, 2.75) is 19.5 Å². The lowest BCUT2D eigenvalue weighted by Gasteiger charge is -2.26. The molecule has 2 aromatic heterocycles. The second-order valence-corrected chi connectivity index (χ2v) is 8.19. The van der Waals surface area contributed by atoms with E-state index in [4.69, 9.17) is 9.15 Å². The van der Waals surface area contributed by atoms with Gasteiger partial charge in [0.25, 0.3) is 5.91 Å². The molecule has 3 heterocycles. The molecule has 0 bridgehead atoms. The smallest absolute Gasteiger partial charge is 0.290 e. The summed E-state index contributed by atoms with van der Waals surface area (Å²) in [6, 6.07) is 17.3. The minimum absolute atomic E-state index is 0.0178. The highest BCUT2D eigenvalue weighted by Gasteiger charge is 2.44. The average Bonchev–Trinajstić information content (AvgIpc) is 3.40. The number of hydrogen-bond acceptors (Lipinski definition) is 6. The summed E-state index contributed by atoms with van der Waals surface area (Å²) in [6.07, 6.45) is 3.30. The number of benzene rings is 2. The number of ether oxygens (including phenoxy) is 1. The first-order valence-electron chi connectivity index (χ1n) is 10.8. The summed E-state index contributed by atoms with van der Waals surface area (Å²) >= 11 is 0. The van der Waals surface area contributed by atoms with Gasteiger partial charge < -0.3 is 19.2 Å². The number of carbonyl (C=O) groups is 2. The lowest BCUT2D eigenvalue weighted by molar-refractivity contribution is -0.130. The van der Waals surface area contributed by atoms with E-state index in [1.807, 2.05) is 37.3 Å². The van der Waals surface area contributed by atoms with Crippen molar-refractivity contribution >= 4 is 22.7 Å². The Morgan fingerprint density at radius 2 is 1.94 bits per heavy atom. The van der Waals surface area contributed by atoms with Crippen LogP contribution in [0.4, 0.5) is 0 Å². The number of aliphatic hydroxyl groups excluding tert-OH is 1. The fourth-order valence-electron chi connectivity index (χ4n) is 4.27. The Kier molecular flexibility index (Phi) is 5.37. The van der Waals surface area contributed by atoms with Crippen LogP contribution >= 0.6 is 0 Å². The van der Waals surface area contributed by atoms with Crippen molar-refractivity contribution in [2.24, 2.45) is 0 Å². The molecule has 0 saturated heterocycles. The summed E-state index contributed by atoms with van der Waals surface area (Å²) < 4.78 is 11.2. The molecule has 7 nitrogen and oxygen atoms in total. The zero-order valence-corrected chi connectivity index (χ0v) is 18.7. The molecule has 1 aliphatic rings. The number of amides is 1. The Hall–Kier alpha value is -4.39. The minimum atomic E-state index is -0.782. The fraction of sp³-hybridized carbons (Fsp3) is 0.148. The third kappa shape index (κ3) is 3.61. The first-order valence-corrected chi connectivity index (χ1v) is 10.8. The molecule has 0 unspecified atom stereocenters. The predicted octanol–water partition coefficient (Wildman–Crippen LogP) is 4.92. The van der Waals surface area contributed by atoms with Gasteiger partial charge >= 0.3 is 0 Å². The van der Waals surface area contributed by atoms with Gasteiger partial charge in [0.1, 0.15) is 0 Å². The van der Waals surface area contributed by atoms with Gasteiger partial charge in [-0.3, -0.25) is 14.6 Å². The van der Waals surface area contributed by atoms with Gasteiger partial charge in [-0.05, 0) is 36.2 Å². The topological polar surface area (TPSA) is 92.9 Å². The van der Waals surface area contributed by atoms with Crippen LogP contribution in [-0.2, 0) is 11.3 Å². The summed E-state index contributed by atoms with van der Waals surface area (Å²) in [5.74, 6) is -1.23. The Morgan fingerprint density at radius 3 is 2.65 bits per heavy atom. The number of fused-ring (bicyclic) bond motifs is 1. The summed E-state index contributed by atoms with van der Waals surface area (Å²) in [7, 11) is 1.52. The molecule has 4 aromatic rings. The second kappa shape index (κ2) is 8.51. The van der Waals surface area contributed by atoms with E-state index < -0.39 is 23.5 Å². The molecule has 2 aromatic carbocycles. The largest absolute Gasteiger partial charge is 0.503 e. The quantitative estimate of drug-likeness (QED) is 0.416. The van der Waals surface area contributed by atoms with Crippen molar-refractivity contribution in [3.05, 3.63) is 107 Å². The predicted molar refractivity (Wildman–Crippen MR) is 125 cm³/mol. The van der Waals surface area contributed by atoms with Gasteiger partial charge in [-0.25, -0.2) is 0 Å². The Labute approximate surface area is 195 Å². The summed E-state index contributed by atoms with van der Waals surface area (Å²) in [6.45, 7) is 2.14. The van der Waals surface area contributed by atoms with E-state index in [0.717, 1.165) is 11.1 Å². The molecule has 0 spiro atoms. The molecule has 34 heavy (non-hydrogen) atoms. The van der Waals surface area contributed by atoms with Crippen LogP contribution in [0.25, 0.3) is 11.0 Å². The van der Waals surface area contributed by atoms with Gasteiger partial charge in [-0.2, -0.15) is 0 Å². The first kappa shape index (κ1) is 21.5. The van der Waals surface area contributed by atoms with E-state index in [9.17, 15) is 14.7 Å². The van der Waals surface area contributed by atoms with Crippen LogP contribution in [0.15, 0.2) is 88.8 Å². The van der Waals surface area contributed by atoms with Gasteiger partial charge in [0.15, 0.2) is 22.9 Å². The number of ketones is 1. The molecule has 5 rings (SSSR count). The number of aliphatic hydroxyl groups is 1. The summed E-state index contributed by atoms with van der Waals surface area (Å²) in [5.41, 5.74) is 2.94. The van der Waals surface area contributed by atoms with E-state index in [1.165, 1.54) is 12.0 Å².